The molecule has 0 fully saturated rings. The highest BCUT2D eigenvalue weighted by atomic mass is 16.5. The Morgan fingerprint density at radius 3 is 2.71 bits per heavy atom. The Labute approximate surface area is 125 Å². The molecule has 1 heterocycles. The maximum absolute atomic E-state index is 5.83. The van der Waals surface area contributed by atoms with Crippen molar-refractivity contribution in [1.82, 2.24) is 15.5 Å². The second kappa shape index (κ2) is 8.34. The molecule has 1 aromatic carbocycles. The van der Waals surface area contributed by atoms with Crippen molar-refractivity contribution >= 4 is 0 Å². The smallest absolute Gasteiger partial charge is 0.124 e. The predicted octanol–water partition coefficient (Wildman–Crippen LogP) is 2.20. The number of ether oxygens (including phenoxy) is 2. The van der Waals surface area contributed by atoms with Gasteiger partial charge in [-0.2, -0.15) is 10.2 Å². The van der Waals surface area contributed by atoms with Crippen LogP contribution in [0, 0.1) is 0 Å². The molecule has 5 nitrogen and oxygen atoms in total. The Kier molecular flexibility index (Phi) is 6.12. The van der Waals surface area contributed by atoms with E-state index in [4.69, 9.17) is 9.47 Å². The molecule has 112 valence electrons. The van der Waals surface area contributed by atoms with Crippen molar-refractivity contribution in [3.63, 3.8) is 0 Å². The van der Waals surface area contributed by atoms with Crippen LogP contribution in [0.15, 0.2) is 42.7 Å². The maximum atomic E-state index is 5.83. The van der Waals surface area contributed by atoms with Crippen LogP contribution in [-0.2, 0) is 4.74 Å². The van der Waals surface area contributed by atoms with E-state index in [1.165, 1.54) is 0 Å². The molecular formula is C16H21N3O2. The van der Waals surface area contributed by atoms with Gasteiger partial charge in [0.2, 0.25) is 0 Å². The Morgan fingerprint density at radius 1 is 1.14 bits per heavy atom. The van der Waals surface area contributed by atoms with Crippen LogP contribution in [0.25, 0.3) is 0 Å². The van der Waals surface area contributed by atoms with Gasteiger partial charge in [-0.15, -0.1) is 0 Å². The van der Waals surface area contributed by atoms with Crippen molar-refractivity contribution in [2.45, 2.75) is 13.0 Å². The van der Waals surface area contributed by atoms with Crippen molar-refractivity contribution in [2.75, 3.05) is 26.9 Å². The van der Waals surface area contributed by atoms with E-state index < -0.39 is 0 Å². The summed E-state index contributed by atoms with van der Waals surface area (Å²) in [7, 11) is 1.67. The van der Waals surface area contributed by atoms with Gasteiger partial charge in [0.1, 0.15) is 12.4 Å². The molecule has 0 aliphatic rings. The van der Waals surface area contributed by atoms with Gasteiger partial charge in [-0.1, -0.05) is 25.1 Å². The SMILES string of the molecule is CCNC(c1ccnnc1)c1ccccc1OCCOC. The van der Waals surface area contributed by atoms with Crippen LogP contribution in [0.4, 0.5) is 0 Å². The Morgan fingerprint density at radius 2 is 2.00 bits per heavy atom. The summed E-state index contributed by atoms with van der Waals surface area (Å²) in [5.41, 5.74) is 2.15. The van der Waals surface area contributed by atoms with Crippen LogP contribution in [0.1, 0.15) is 24.1 Å². The van der Waals surface area contributed by atoms with Gasteiger partial charge in [0.15, 0.2) is 0 Å². The number of methoxy groups -OCH3 is 1. The zero-order valence-electron chi connectivity index (χ0n) is 12.5. The molecule has 2 aromatic rings. The topological polar surface area (TPSA) is 56.3 Å². The lowest BCUT2D eigenvalue weighted by Gasteiger charge is -2.21. The van der Waals surface area contributed by atoms with E-state index >= 15 is 0 Å². The second-order valence-electron chi connectivity index (χ2n) is 4.55. The highest BCUT2D eigenvalue weighted by Crippen LogP contribution is 2.29. The second-order valence-corrected chi connectivity index (χ2v) is 4.55. The fraction of sp³-hybridized carbons (Fsp3) is 0.375. The number of hydrogen-bond acceptors (Lipinski definition) is 5. The van der Waals surface area contributed by atoms with Gasteiger partial charge in [-0.25, -0.2) is 0 Å². The molecule has 0 spiro atoms. The minimum absolute atomic E-state index is 0.0317. The summed E-state index contributed by atoms with van der Waals surface area (Å²) in [5.74, 6) is 0.859. The zero-order chi connectivity index (χ0) is 14.9. The average Bonchev–Trinajstić information content (AvgIpc) is 2.54. The fourth-order valence-electron chi connectivity index (χ4n) is 2.17. The standard InChI is InChI=1S/C16H21N3O2/c1-3-17-16(13-8-9-18-19-12-13)14-6-4-5-7-15(14)21-11-10-20-2/h4-9,12,16-17H,3,10-11H2,1-2H3. The molecule has 1 aromatic heterocycles. The first-order valence-corrected chi connectivity index (χ1v) is 7.07. The van der Waals surface area contributed by atoms with Crippen LogP contribution in [0.5, 0.6) is 5.75 Å². The van der Waals surface area contributed by atoms with Crippen LogP contribution in [0.3, 0.4) is 0 Å². The normalized spacial score (nSPS) is 12.1. The van der Waals surface area contributed by atoms with Gasteiger partial charge in [0.25, 0.3) is 0 Å². The van der Waals surface area contributed by atoms with Crippen molar-refractivity contribution in [3.8, 4) is 5.75 Å². The van der Waals surface area contributed by atoms with Crippen molar-refractivity contribution in [2.24, 2.45) is 0 Å². The van der Waals surface area contributed by atoms with Gasteiger partial charge in [-0.05, 0) is 24.2 Å². The number of hydrogen-bond donors (Lipinski definition) is 1. The summed E-state index contributed by atoms with van der Waals surface area (Å²) in [6.07, 6.45) is 3.48. The molecule has 0 bridgehead atoms. The van der Waals surface area contributed by atoms with Gasteiger partial charge in [0.05, 0.1) is 18.8 Å². The number of benzene rings is 1. The third kappa shape index (κ3) is 4.24. The number of rotatable bonds is 8. The molecule has 0 saturated carbocycles. The van der Waals surface area contributed by atoms with Crippen molar-refractivity contribution in [3.05, 3.63) is 53.9 Å². The van der Waals surface area contributed by atoms with E-state index in [1.807, 2.05) is 24.3 Å². The van der Waals surface area contributed by atoms with E-state index in [0.717, 1.165) is 23.4 Å². The van der Waals surface area contributed by atoms with Crippen LogP contribution < -0.4 is 10.1 Å². The van der Waals surface area contributed by atoms with Crippen LogP contribution in [-0.4, -0.2) is 37.1 Å². The highest BCUT2D eigenvalue weighted by molar-refractivity contribution is 5.40. The first kappa shape index (κ1) is 15.4. The van der Waals surface area contributed by atoms with Crippen molar-refractivity contribution < 1.29 is 9.47 Å². The molecule has 0 saturated heterocycles. The number of nitrogens with one attached hydrogen (secondary N) is 1. The zero-order valence-corrected chi connectivity index (χ0v) is 12.5. The molecule has 0 amide bonds. The van der Waals surface area contributed by atoms with Gasteiger partial charge in [-0.3, -0.25) is 0 Å². The van der Waals surface area contributed by atoms with E-state index in [2.05, 4.69) is 28.5 Å². The lowest BCUT2D eigenvalue weighted by Crippen LogP contribution is -2.23. The largest absolute Gasteiger partial charge is 0.491 e. The molecule has 1 atom stereocenters. The minimum atomic E-state index is 0.0317. The van der Waals surface area contributed by atoms with E-state index in [9.17, 15) is 0 Å². The first-order valence-electron chi connectivity index (χ1n) is 7.07. The predicted molar refractivity (Wildman–Crippen MR) is 81.4 cm³/mol. The van der Waals surface area contributed by atoms with Crippen LogP contribution >= 0.6 is 0 Å². The summed E-state index contributed by atoms with van der Waals surface area (Å²) in [6.45, 7) is 4.02. The summed E-state index contributed by atoms with van der Waals surface area (Å²) >= 11 is 0. The molecule has 2 rings (SSSR count). The summed E-state index contributed by atoms with van der Waals surface area (Å²) in [4.78, 5) is 0. The molecular weight excluding hydrogens is 266 g/mol. The van der Waals surface area contributed by atoms with E-state index in [1.54, 1.807) is 19.5 Å². The highest BCUT2D eigenvalue weighted by Gasteiger charge is 2.17. The lowest BCUT2D eigenvalue weighted by atomic mass is 9.99. The quantitative estimate of drug-likeness (QED) is 0.754. The number of nitrogens with zero attached hydrogens (tertiary/aromatic N) is 2. The van der Waals surface area contributed by atoms with Crippen molar-refractivity contribution in [1.29, 1.82) is 0 Å². The van der Waals surface area contributed by atoms with Gasteiger partial charge < -0.3 is 14.8 Å². The summed E-state index contributed by atoms with van der Waals surface area (Å²) in [6, 6.07) is 10.0. The maximum Gasteiger partial charge on any atom is 0.124 e. The molecule has 1 N–H and O–H groups in total. The monoisotopic (exact) mass is 287 g/mol. The fourth-order valence-corrected chi connectivity index (χ4v) is 2.17. The molecule has 5 heteroatoms. The molecule has 1 unspecified atom stereocenters. The summed E-state index contributed by atoms with van der Waals surface area (Å²) < 4.78 is 10.9. The molecule has 21 heavy (non-hydrogen) atoms. The average molecular weight is 287 g/mol. The Balaban J connectivity index is 2.27. The van der Waals surface area contributed by atoms with Crippen LogP contribution in [0.2, 0.25) is 0 Å². The number of aromatic nitrogens is 2. The molecule has 0 aliphatic heterocycles. The summed E-state index contributed by atoms with van der Waals surface area (Å²) in [5, 5.41) is 11.3. The number of para-hydroxylation sites is 1. The minimum Gasteiger partial charge on any atom is -0.491 e. The molecule has 0 radical (unpaired) electrons. The lowest BCUT2D eigenvalue weighted by molar-refractivity contribution is 0.145. The third-order valence-corrected chi connectivity index (χ3v) is 3.12. The van der Waals surface area contributed by atoms with E-state index in [0.29, 0.717) is 13.2 Å². The molecule has 0 aliphatic carbocycles. The Hall–Kier alpha value is -1.98. The van der Waals surface area contributed by atoms with Gasteiger partial charge >= 0.3 is 0 Å². The first-order chi connectivity index (χ1) is 10.4. The Bertz CT molecular complexity index is 534. The van der Waals surface area contributed by atoms with E-state index in [-0.39, 0.29) is 6.04 Å². The van der Waals surface area contributed by atoms with Gasteiger partial charge in [0, 0.05) is 18.9 Å². The third-order valence-electron chi connectivity index (χ3n) is 3.12.